The highest BCUT2D eigenvalue weighted by Crippen LogP contribution is 2.33. The minimum Gasteiger partial charge on any atom is -0.481 e. The lowest BCUT2D eigenvalue weighted by molar-refractivity contribution is -0.142. The van der Waals surface area contributed by atoms with Crippen LogP contribution in [0, 0.1) is 23.1 Å². The molecule has 3 aromatic heterocycles. The van der Waals surface area contributed by atoms with Crippen LogP contribution in [0.5, 0.6) is 0 Å². The molecule has 9 amide bonds. The molecule has 117 heavy (non-hydrogen) atoms. The number of aliphatic hydroxyl groups is 1. The molecule has 0 bridgehead atoms. The van der Waals surface area contributed by atoms with Crippen LogP contribution in [-0.2, 0) is 89.5 Å². The van der Waals surface area contributed by atoms with Crippen LogP contribution in [0.25, 0.3) is 28.3 Å². The van der Waals surface area contributed by atoms with Gasteiger partial charge >= 0.3 is 18.0 Å². The first kappa shape index (κ1) is 97.2. The van der Waals surface area contributed by atoms with Gasteiger partial charge in [-0.25, -0.2) is 28.5 Å². The van der Waals surface area contributed by atoms with Gasteiger partial charge in [-0.05, 0) is 105 Å². The third-order valence-corrected chi connectivity index (χ3v) is 18.3. The van der Waals surface area contributed by atoms with Gasteiger partial charge in [0.25, 0.3) is 0 Å². The van der Waals surface area contributed by atoms with Crippen LogP contribution in [0.2, 0.25) is 5.02 Å². The van der Waals surface area contributed by atoms with Crippen LogP contribution in [0.15, 0.2) is 67.1 Å². The summed E-state index contributed by atoms with van der Waals surface area (Å²) in [6, 6.07) is 11.0. The molecular formula is C79H114ClFN16O20. The highest BCUT2D eigenvalue weighted by atomic mass is 35.5. The number of halogens is 2. The van der Waals surface area contributed by atoms with Gasteiger partial charge in [0.1, 0.15) is 68.3 Å². The SMILES string of the molecule is CC(C)C[C@H](NC(=O)COCCOCCNC(=O)COCCOCCNC(=O)CC[C@H](NC(=O)CCCCCCCCCCCCCCCCC(=O)O)C(=O)O)C(=O)N[C@@H](CO)C(=O)NCC(=O)N[C@@H](CCCCN)C(=O)Nc1ccc(COC(=O)NCOCCn2cnc(-c3ccc(F)c(Cl)c3)c2-c2ccc3ncc(C#N)n3n2)cc1. The Hall–Kier alpha value is -10.3. The number of hydrogen-bond donors (Lipinski definition) is 13. The zero-order valence-electron chi connectivity index (χ0n) is 66.6. The number of imidazole rings is 2. The monoisotopic (exact) mass is 1660 g/mol. The van der Waals surface area contributed by atoms with E-state index < -0.39 is 109 Å². The third kappa shape index (κ3) is 39.9. The number of benzene rings is 2. The number of nitriles is 1. The molecular weight excluding hydrogens is 1550 g/mol. The van der Waals surface area contributed by atoms with E-state index in [1.54, 1.807) is 61.1 Å². The van der Waals surface area contributed by atoms with Crippen molar-refractivity contribution in [2.24, 2.45) is 11.7 Å². The van der Waals surface area contributed by atoms with Crippen molar-refractivity contribution in [3.63, 3.8) is 0 Å². The Labute approximate surface area is 684 Å². The van der Waals surface area contributed by atoms with Crippen LogP contribution in [0.1, 0.15) is 166 Å². The van der Waals surface area contributed by atoms with Crippen molar-refractivity contribution in [1.29, 1.82) is 5.26 Å². The lowest BCUT2D eigenvalue weighted by atomic mass is 10.0. The Bertz CT molecular complexity index is 3960. The number of carbonyl (C=O) groups excluding carboxylic acids is 9. The minimum atomic E-state index is -1.54. The summed E-state index contributed by atoms with van der Waals surface area (Å²) in [5, 5.41) is 65.6. The van der Waals surface area contributed by atoms with Crippen molar-refractivity contribution >= 4 is 88.2 Å². The summed E-state index contributed by atoms with van der Waals surface area (Å²) < 4.78 is 50.0. The van der Waals surface area contributed by atoms with Gasteiger partial charge in [-0.3, -0.25) is 48.5 Å². The molecule has 38 heteroatoms. The number of rotatable bonds is 63. The minimum absolute atomic E-state index is 0.0229. The van der Waals surface area contributed by atoms with E-state index in [-0.39, 0.29) is 147 Å². The Balaban J connectivity index is 0.876. The fraction of sp³-hybridized carbons (Fsp3) is 0.582. The van der Waals surface area contributed by atoms with Crippen LogP contribution >= 0.6 is 11.6 Å². The molecule has 0 saturated carbocycles. The molecule has 0 aliphatic rings. The molecule has 0 saturated heterocycles. The highest BCUT2D eigenvalue weighted by Gasteiger charge is 2.29. The molecule has 2 aromatic carbocycles. The molecule has 0 fully saturated rings. The Morgan fingerprint density at radius 1 is 0.590 bits per heavy atom. The standard InChI is InChI=1S/C79H114ClFN16O20/c1-54(2)43-64(93-71(103)51-115-42-40-113-37-34-85-70(102)50-114-41-39-112-36-33-84-67(99)31-29-63(78(109)110)92-68(100)20-15-13-11-9-7-5-3-4-6-8-10-12-14-16-21-72(104)105)77(108)94-65(48-98)75(106)87-47-69(101)91-62(19-17-18-32-82)76(107)90-57-25-22-55(23-26-57)49-117-79(111)89-53-116-38-35-96-52-88-73(56-24-27-60(81)59(80)44-56)74(96)61-28-30-66-86-46-58(45-83)97(66)95-61/h22-28,30,44,46,52,54,62-65,98H,3-21,29,31-43,47-51,53,82H2,1-2H3,(H,84,99)(H,85,102)(H,87,106)(H,89,111)(H,90,107)(H,91,101)(H,92,100)(H,93,103)(H,94,108)(H,104,105)(H,109,110)/t62-,63-,64-,65-/m0/s1. The average Bonchev–Trinajstić information content (AvgIpc) is 1.63. The highest BCUT2D eigenvalue weighted by molar-refractivity contribution is 6.31. The number of aromatic nitrogens is 5. The fourth-order valence-electron chi connectivity index (χ4n) is 11.8. The van der Waals surface area contributed by atoms with E-state index in [0.29, 0.717) is 65.4 Å². The molecule has 36 nitrogen and oxygen atoms in total. The quantitative estimate of drug-likeness (QED) is 0.0169. The second-order valence-electron chi connectivity index (χ2n) is 28.0. The number of ether oxygens (including phenoxy) is 6. The first-order valence-corrected chi connectivity index (χ1v) is 40.1. The van der Waals surface area contributed by atoms with Gasteiger partial charge in [-0.15, -0.1) is 0 Å². The number of nitrogens with one attached hydrogen (secondary N) is 9. The van der Waals surface area contributed by atoms with E-state index in [0.717, 1.165) is 51.4 Å². The van der Waals surface area contributed by atoms with Gasteiger partial charge in [-0.1, -0.05) is 115 Å². The number of aliphatic hydroxyl groups excluding tert-OH is 1. The first-order chi connectivity index (χ1) is 56.5. The van der Waals surface area contributed by atoms with E-state index in [1.165, 1.54) is 61.0 Å². The van der Waals surface area contributed by atoms with E-state index in [2.05, 4.69) is 69.0 Å². The largest absolute Gasteiger partial charge is 0.481 e. The molecule has 644 valence electrons. The van der Waals surface area contributed by atoms with Crippen molar-refractivity contribution in [3.8, 4) is 28.7 Å². The van der Waals surface area contributed by atoms with Crippen molar-refractivity contribution in [2.45, 2.75) is 192 Å². The molecule has 3 heterocycles. The zero-order chi connectivity index (χ0) is 85.0. The van der Waals surface area contributed by atoms with Gasteiger partial charge < -0.3 is 96.6 Å². The summed E-state index contributed by atoms with van der Waals surface area (Å²) in [5.41, 5.74) is 9.15. The number of hydrogen-bond acceptors (Lipinski definition) is 23. The topological polar surface area (TPSA) is 510 Å². The maximum absolute atomic E-state index is 14.1. The summed E-state index contributed by atoms with van der Waals surface area (Å²) in [5.74, 6) is -7.60. The molecule has 0 aliphatic carbocycles. The van der Waals surface area contributed by atoms with E-state index >= 15 is 0 Å². The van der Waals surface area contributed by atoms with Crippen molar-refractivity contribution in [3.05, 3.63) is 89.2 Å². The number of aliphatic carboxylic acids is 2. The number of carboxylic acid groups (broad SMARTS) is 2. The molecule has 0 unspecified atom stereocenters. The predicted molar refractivity (Wildman–Crippen MR) is 426 cm³/mol. The van der Waals surface area contributed by atoms with Crippen LogP contribution in [-0.4, -0.2) is 228 Å². The number of amides is 9. The summed E-state index contributed by atoms with van der Waals surface area (Å²) in [6.45, 7) is 2.38. The second kappa shape index (κ2) is 56.9. The molecule has 4 atom stereocenters. The molecule has 0 aliphatic heterocycles. The predicted octanol–water partition coefficient (Wildman–Crippen LogP) is 5.48. The van der Waals surface area contributed by atoms with Gasteiger partial charge in [0.05, 0.1) is 88.3 Å². The van der Waals surface area contributed by atoms with Gasteiger partial charge in [-0.2, -0.15) is 10.4 Å². The number of fused-ring (bicyclic) bond motifs is 1. The molecule has 5 aromatic rings. The van der Waals surface area contributed by atoms with E-state index in [4.69, 9.17) is 50.9 Å². The Morgan fingerprint density at radius 2 is 1.21 bits per heavy atom. The van der Waals surface area contributed by atoms with Gasteiger partial charge in [0.2, 0.25) is 47.3 Å². The number of nitrogens with two attached hydrogens (primary N) is 1. The summed E-state index contributed by atoms with van der Waals surface area (Å²) in [4.78, 5) is 147. The van der Waals surface area contributed by atoms with Gasteiger partial charge in [0.15, 0.2) is 11.3 Å². The van der Waals surface area contributed by atoms with Crippen LogP contribution in [0.4, 0.5) is 14.9 Å². The lowest BCUT2D eigenvalue weighted by Gasteiger charge is -2.23. The second-order valence-corrected chi connectivity index (χ2v) is 28.4. The van der Waals surface area contributed by atoms with Crippen molar-refractivity contribution < 1.29 is 101 Å². The van der Waals surface area contributed by atoms with Crippen LogP contribution in [0.3, 0.4) is 0 Å². The molecule has 0 spiro atoms. The summed E-state index contributed by atoms with van der Waals surface area (Å²) in [6.07, 6.45) is 18.4. The first-order valence-electron chi connectivity index (χ1n) is 39.7. The number of unbranched alkanes of at least 4 members (excludes halogenated alkanes) is 14. The number of carbonyl (C=O) groups is 11. The van der Waals surface area contributed by atoms with E-state index in [1.807, 2.05) is 0 Å². The number of nitrogens with zero attached hydrogens (tertiary/aromatic N) is 6. The maximum Gasteiger partial charge on any atom is 0.409 e. The number of anilines is 1. The summed E-state index contributed by atoms with van der Waals surface area (Å²) in [7, 11) is 0. The summed E-state index contributed by atoms with van der Waals surface area (Å²) >= 11 is 6.12. The normalized spacial score (nSPS) is 12.2. The van der Waals surface area contributed by atoms with Crippen LogP contribution < -0.4 is 53.6 Å². The van der Waals surface area contributed by atoms with Crippen molar-refractivity contribution in [1.82, 2.24) is 66.7 Å². The Morgan fingerprint density at radius 3 is 1.82 bits per heavy atom. The lowest BCUT2D eigenvalue weighted by Crippen LogP contribution is -2.56. The molecule has 14 N–H and O–H groups in total. The number of alkyl carbamates (subject to hydrolysis) is 1. The zero-order valence-corrected chi connectivity index (χ0v) is 67.4. The number of carboxylic acids is 2. The van der Waals surface area contributed by atoms with E-state index in [9.17, 15) is 72.6 Å². The smallest absolute Gasteiger partial charge is 0.409 e. The molecule has 0 radical (unpaired) electrons. The maximum atomic E-state index is 14.1. The average molecular weight is 1660 g/mol. The molecule has 5 rings (SSSR count). The van der Waals surface area contributed by atoms with Crippen molar-refractivity contribution in [2.75, 3.05) is 104 Å². The Kier molecular flexibility index (Phi) is 47.3. The fourth-order valence-corrected chi connectivity index (χ4v) is 12.0. The van der Waals surface area contributed by atoms with Gasteiger partial charge in [0, 0.05) is 50.1 Å². The third-order valence-electron chi connectivity index (χ3n) is 18.0.